The number of benzene rings is 2. The minimum atomic E-state index is -0.436. The van der Waals surface area contributed by atoms with Gasteiger partial charge in [0.05, 0.1) is 6.10 Å². The molecule has 0 saturated heterocycles. The van der Waals surface area contributed by atoms with Crippen LogP contribution in [0.3, 0.4) is 0 Å². The Morgan fingerprint density at radius 1 is 1.16 bits per heavy atom. The Kier molecular flexibility index (Phi) is 5.43. The fraction of sp³-hybridized carbons (Fsp3) is 0.200. The standard InChI is InChI=1S/C15H14BrFOS/c16-12-2-1-3-15(9-12)19-10-14(18)8-11-4-6-13(17)7-5-11/h1-7,9,14,18H,8,10H2. The molecule has 0 aliphatic rings. The van der Waals surface area contributed by atoms with Gasteiger partial charge in [-0.05, 0) is 42.3 Å². The number of thioether (sulfide) groups is 1. The van der Waals surface area contributed by atoms with Crippen molar-refractivity contribution in [3.63, 3.8) is 0 Å². The van der Waals surface area contributed by atoms with E-state index in [4.69, 9.17) is 0 Å². The lowest BCUT2D eigenvalue weighted by Crippen LogP contribution is -2.13. The molecule has 0 aliphatic heterocycles. The van der Waals surface area contributed by atoms with E-state index in [9.17, 15) is 9.50 Å². The molecule has 0 amide bonds. The molecular weight excluding hydrogens is 327 g/mol. The van der Waals surface area contributed by atoms with Crippen LogP contribution in [0.4, 0.5) is 4.39 Å². The highest BCUT2D eigenvalue weighted by molar-refractivity contribution is 9.10. The zero-order valence-corrected chi connectivity index (χ0v) is 12.6. The van der Waals surface area contributed by atoms with Gasteiger partial charge in [-0.15, -0.1) is 11.8 Å². The van der Waals surface area contributed by atoms with Crippen molar-refractivity contribution in [3.8, 4) is 0 Å². The van der Waals surface area contributed by atoms with Gasteiger partial charge in [-0.3, -0.25) is 0 Å². The Hall–Kier alpha value is -0.840. The van der Waals surface area contributed by atoms with Gasteiger partial charge in [-0.25, -0.2) is 4.39 Å². The predicted octanol–water partition coefficient (Wildman–Crippen LogP) is 4.28. The Labute approximate surface area is 125 Å². The van der Waals surface area contributed by atoms with E-state index < -0.39 is 6.10 Å². The zero-order valence-electron chi connectivity index (χ0n) is 10.2. The first kappa shape index (κ1) is 14.6. The lowest BCUT2D eigenvalue weighted by Gasteiger charge is -2.10. The van der Waals surface area contributed by atoms with Crippen molar-refractivity contribution in [2.24, 2.45) is 0 Å². The van der Waals surface area contributed by atoms with Gasteiger partial charge in [0.2, 0.25) is 0 Å². The van der Waals surface area contributed by atoms with Gasteiger partial charge in [0.25, 0.3) is 0 Å². The first-order valence-electron chi connectivity index (χ1n) is 5.94. The van der Waals surface area contributed by atoms with Crippen molar-refractivity contribution in [2.75, 3.05) is 5.75 Å². The molecule has 0 fully saturated rings. The molecule has 2 aromatic carbocycles. The number of hydrogen-bond donors (Lipinski definition) is 1. The van der Waals surface area contributed by atoms with Crippen molar-refractivity contribution in [1.29, 1.82) is 0 Å². The monoisotopic (exact) mass is 340 g/mol. The van der Waals surface area contributed by atoms with Gasteiger partial charge in [-0.2, -0.15) is 0 Å². The lowest BCUT2D eigenvalue weighted by atomic mass is 10.1. The molecule has 0 radical (unpaired) electrons. The summed E-state index contributed by atoms with van der Waals surface area (Å²) < 4.78 is 13.8. The summed E-state index contributed by atoms with van der Waals surface area (Å²) in [5, 5.41) is 9.98. The molecule has 0 saturated carbocycles. The Balaban J connectivity index is 1.84. The van der Waals surface area contributed by atoms with Crippen molar-refractivity contribution in [1.82, 2.24) is 0 Å². The molecule has 0 heterocycles. The summed E-state index contributed by atoms with van der Waals surface area (Å²) in [6.07, 6.45) is 0.107. The largest absolute Gasteiger partial charge is 0.392 e. The quantitative estimate of drug-likeness (QED) is 0.819. The topological polar surface area (TPSA) is 20.2 Å². The third kappa shape index (κ3) is 4.97. The normalized spacial score (nSPS) is 12.4. The SMILES string of the molecule is OC(CSc1cccc(Br)c1)Cc1ccc(F)cc1. The number of aliphatic hydroxyl groups is 1. The molecule has 19 heavy (non-hydrogen) atoms. The van der Waals surface area contributed by atoms with Crippen LogP contribution in [-0.2, 0) is 6.42 Å². The van der Waals surface area contributed by atoms with Gasteiger partial charge < -0.3 is 5.11 Å². The van der Waals surface area contributed by atoms with Crippen molar-refractivity contribution in [3.05, 3.63) is 64.4 Å². The third-order valence-corrected chi connectivity index (χ3v) is 4.26. The average molecular weight is 341 g/mol. The summed E-state index contributed by atoms with van der Waals surface area (Å²) in [5.74, 6) is 0.370. The Morgan fingerprint density at radius 2 is 1.89 bits per heavy atom. The Morgan fingerprint density at radius 3 is 2.58 bits per heavy atom. The van der Waals surface area contributed by atoms with Crippen LogP contribution in [-0.4, -0.2) is 17.0 Å². The molecule has 1 N–H and O–H groups in total. The van der Waals surface area contributed by atoms with Crippen molar-refractivity contribution >= 4 is 27.7 Å². The first-order valence-corrected chi connectivity index (χ1v) is 7.72. The summed E-state index contributed by atoms with van der Waals surface area (Å²) >= 11 is 5.03. The van der Waals surface area contributed by atoms with E-state index in [1.807, 2.05) is 24.3 Å². The van der Waals surface area contributed by atoms with Crippen LogP contribution in [0, 0.1) is 5.82 Å². The van der Waals surface area contributed by atoms with Crippen LogP contribution >= 0.6 is 27.7 Å². The summed E-state index contributed by atoms with van der Waals surface area (Å²) in [5.41, 5.74) is 0.948. The maximum Gasteiger partial charge on any atom is 0.123 e. The predicted molar refractivity (Wildman–Crippen MR) is 81.0 cm³/mol. The molecule has 2 rings (SSSR count). The molecule has 0 spiro atoms. The van der Waals surface area contributed by atoms with Gasteiger partial charge in [0.1, 0.15) is 5.82 Å². The fourth-order valence-electron chi connectivity index (χ4n) is 1.70. The molecule has 100 valence electrons. The van der Waals surface area contributed by atoms with Crippen LogP contribution < -0.4 is 0 Å². The lowest BCUT2D eigenvalue weighted by molar-refractivity contribution is 0.200. The van der Waals surface area contributed by atoms with Crippen LogP contribution in [0.2, 0.25) is 0 Å². The molecular formula is C15H14BrFOS. The van der Waals surface area contributed by atoms with Crippen LogP contribution in [0.5, 0.6) is 0 Å². The van der Waals surface area contributed by atoms with Gasteiger partial charge in [-0.1, -0.05) is 34.1 Å². The number of hydrogen-bond acceptors (Lipinski definition) is 2. The van der Waals surface area contributed by atoms with Crippen molar-refractivity contribution in [2.45, 2.75) is 17.4 Å². The summed E-state index contributed by atoms with van der Waals surface area (Å²) in [6.45, 7) is 0. The number of halogens is 2. The Bertz CT molecular complexity index is 530. The number of aliphatic hydroxyl groups excluding tert-OH is 1. The highest BCUT2D eigenvalue weighted by atomic mass is 79.9. The molecule has 4 heteroatoms. The zero-order chi connectivity index (χ0) is 13.7. The van der Waals surface area contributed by atoms with E-state index in [-0.39, 0.29) is 5.82 Å². The van der Waals surface area contributed by atoms with Gasteiger partial charge in [0.15, 0.2) is 0 Å². The maximum atomic E-state index is 12.8. The van der Waals surface area contributed by atoms with E-state index in [2.05, 4.69) is 15.9 Å². The summed E-state index contributed by atoms with van der Waals surface area (Å²) in [7, 11) is 0. The van der Waals surface area contributed by atoms with Crippen LogP contribution in [0.15, 0.2) is 57.9 Å². The molecule has 0 aliphatic carbocycles. The molecule has 1 atom stereocenters. The molecule has 0 bridgehead atoms. The second-order valence-electron chi connectivity index (χ2n) is 4.25. The van der Waals surface area contributed by atoms with E-state index in [0.29, 0.717) is 12.2 Å². The second kappa shape index (κ2) is 7.08. The molecule has 0 aromatic heterocycles. The van der Waals surface area contributed by atoms with Crippen LogP contribution in [0.1, 0.15) is 5.56 Å². The van der Waals surface area contributed by atoms with E-state index in [0.717, 1.165) is 14.9 Å². The highest BCUT2D eigenvalue weighted by Crippen LogP contribution is 2.23. The first-order chi connectivity index (χ1) is 9.13. The van der Waals surface area contributed by atoms with E-state index in [1.54, 1.807) is 23.9 Å². The van der Waals surface area contributed by atoms with Crippen molar-refractivity contribution < 1.29 is 9.50 Å². The minimum absolute atomic E-state index is 0.248. The van der Waals surface area contributed by atoms with Gasteiger partial charge >= 0.3 is 0 Å². The molecule has 2 aromatic rings. The number of rotatable bonds is 5. The van der Waals surface area contributed by atoms with Crippen LogP contribution in [0.25, 0.3) is 0 Å². The highest BCUT2D eigenvalue weighted by Gasteiger charge is 2.07. The third-order valence-electron chi connectivity index (χ3n) is 2.62. The smallest absolute Gasteiger partial charge is 0.123 e. The molecule has 1 unspecified atom stereocenters. The van der Waals surface area contributed by atoms with E-state index >= 15 is 0 Å². The average Bonchev–Trinajstić information content (AvgIpc) is 2.39. The minimum Gasteiger partial charge on any atom is -0.392 e. The second-order valence-corrected chi connectivity index (χ2v) is 6.26. The summed E-state index contributed by atoms with van der Waals surface area (Å²) in [6, 6.07) is 14.2. The maximum absolute atomic E-state index is 12.8. The van der Waals surface area contributed by atoms with E-state index in [1.165, 1.54) is 12.1 Å². The molecule has 1 nitrogen and oxygen atoms in total. The van der Waals surface area contributed by atoms with Gasteiger partial charge in [0, 0.05) is 15.1 Å². The summed E-state index contributed by atoms with van der Waals surface area (Å²) in [4.78, 5) is 1.12. The fourth-order valence-corrected chi connectivity index (χ4v) is 3.14.